The average molecular weight is 309 g/mol. The molecule has 0 fully saturated rings. The summed E-state index contributed by atoms with van der Waals surface area (Å²) in [5.74, 6) is -0.0665. The zero-order valence-corrected chi connectivity index (χ0v) is 12.8. The predicted octanol–water partition coefficient (Wildman–Crippen LogP) is 2.13. The lowest BCUT2D eigenvalue weighted by Crippen LogP contribution is -2.38. The van der Waals surface area contributed by atoms with Crippen LogP contribution in [0.3, 0.4) is 0 Å². The third kappa shape index (κ3) is 4.42. The molecule has 0 amide bonds. The van der Waals surface area contributed by atoms with Crippen molar-refractivity contribution >= 4 is 24.8 Å². The molecule has 6 heteroatoms. The number of nitrogens with one attached hydrogen (secondary N) is 2. The van der Waals surface area contributed by atoms with Crippen LogP contribution in [-0.2, 0) is 6.42 Å². The number of rotatable bonds is 3. The molecule has 0 aliphatic carbocycles. The monoisotopic (exact) mass is 308 g/mol. The molecule has 110 valence electrons. The minimum Gasteiger partial charge on any atom is -0.504 e. The van der Waals surface area contributed by atoms with Gasteiger partial charge in [0.2, 0.25) is 0 Å². The number of benzene rings is 1. The Balaban J connectivity index is 0.00000162. The van der Waals surface area contributed by atoms with Gasteiger partial charge in [-0.3, -0.25) is 0 Å². The van der Waals surface area contributed by atoms with E-state index >= 15 is 0 Å². The van der Waals surface area contributed by atoms with E-state index < -0.39 is 0 Å². The topological polar surface area (TPSA) is 64.5 Å². The van der Waals surface area contributed by atoms with Gasteiger partial charge in [0, 0.05) is 18.6 Å². The van der Waals surface area contributed by atoms with Crippen LogP contribution in [-0.4, -0.2) is 29.3 Å². The SMILES string of the molecule is CC(C)NCC1NCCc2cc(O)c(O)cc21.Cl.Cl. The number of phenolic OH excluding ortho intramolecular Hbond substituents is 2. The van der Waals surface area contributed by atoms with Gasteiger partial charge in [0.25, 0.3) is 0 Å². The van der Waals surface area contributed by atoms with Crippen molar-refractivity contribution in [2.24, 2.45) is 0 Å². The van der Waals surface area contributed by atoms with Gasteiger partial charge in [-0.1, -0.05) is 13.8 Å². The largest absolute Gasteiger partial charge is 0.504 e. The van der Waals surface area contributed by atoms with Crippen LogP contribution in [0.15, 0.2) is 12.1 Å². The molecule has 1 aliphatic heterocycles. The highest BCUT2D eigenvalue weighted by atomic mass is 35.5. The molecule has 0 spiro atoms. The molecule has 1 aliphatic rings. The molecule has 1 aromatic carbocycles. The van der Waals surface area contributed by atoms with Crippen LogP contribution in [0.5, 0.6) is 11.5 Å². The van der Waals surface area contributed by atoms with E-state index in [1.807, 2.05) is 0 Å². The first kappa shape index (κ1) is 18.3. The van der Waals surface area contributed by atoms with Gasteiger partial charge >= 0.3 is 0 Å². The molecule has 1 aromatic rings. The summed E-state index contributed by atoms with van der Waals surface area (Å²) < 4.78 is 0. The highest BCUT2D eigenvalue weighted by Crippen LogP contribution is 2.33. The summed E-state index contributed by atoms with van der Waals surface area (Å²) >= 11 is 0. The van der Waals surface area contributed by atoms with E-state index in [0.717, 1.165) is 30.6 Å². The van der Waals surface area contributed by atoms with Gasteiger partial charge in [-0.2, -0.15) is 0 Å². The zero-order valence-electron chi connectivity index (χ0n) is 11.1. The number of hydrogen-bond acceptors (Lipinski definition) is 4. The average Bonchev–Trinajstić information content (AvgIpc) is 2.28. The molecular weight excluding hydrogens is 287 g/mol. The Labute approximate surface area is 126 Å². The lowest BCUT2D eigenvalue weighted by Gasteiger charge is -2.28. The van der Waals surface area contributed by atoms with Crippen LogP contribution in [0, 0.1) is 0 Å². The van der Waals surface area contributed by atoms with Gasteiger partial charge < -0.3 is 20.8 Å². The van der Waals surface area contributed by atoms with Crippen LogP contribution in [0.1, 0.15) is 31.0 Å². The Hall–Kier alpha value is -0.680. The van der Waals surface area contributed by atoms with Gasteiger partial charge in [-0.25, -0.2) is 0 Å². The summed E-state index contributed by atoms with van der Waals surface area (Å²) in [6, 6.07) is 3.98. The molecule has 0 saturated heterocycles. The van der Waals surface area contributed by atoms with Gasteiger partial charge in [-0.15, -0.1) is 24.8 Å². The lowest BCUT2D eigenvalue weighted by atomic mass is 9.93. The van der Waals surface area contributed by atoms with Crippen LogP contribution >= 0.6 is 24.8 Å². The fourth-order valence-electron chi connectivity index (χ4n) is 2.20. The lowest BCUT2D eigenvalue weighted by molar-refractivity contribution is 0.395. The quantitative estimate of drug-likeness (QED) is 0.646. The van der Waals surface area contributed by atoms with Crippen LogP contribution < -0.4 is 10.6 Å². The van der Waals surface area contributed by atoms with Crippen LogP contribution in [0.25, 0.3) is 0 Å². The number of hydrogen-bond donors (Lipinski definition) is 4. The van der Waals surface area contributed by atoms with E-state index in [0.29, 0.717) is 6.04 Å². The van der Waals surface area contributed by atoms with E-state index in [2.05, 4.69) is 24.5 Å². The first-order valence-corrected chi connectivity index (χ1v) is 6.09. The Morgan fingerprint density at radius 3 is 2.53 bits per heavy atom. The second-order valence-corrected chi connectivity index (χ2v) is 4.86. The van der Waals surface area contributed by atoms with Gasteiger partial charge in [0.1, 0.15) is 0 Å². The Bertz CT molecular complexity index is 414. The molecule has 0 aromatic heterocycles. The first-order chi connectivity index (χ1) is 8.08. The van der Waals surface area contributed by atoms with E-state index in [9.17, 15) is 10.2 Å². The van der Waals surface area contributed by atoms with Gasteiger partial charge in [-0.05, 0) is 36.2 Å². The second kappa shape index (κ2) is 7.80. The third-order valence-corrected chi connectivity index (χ3v) is 3.13. The summed E-state index contributed by atoms with van der Waals surface area (Å²) in [7, 11) is 0. The molecule has 1 unspecified atom stereocenters. The van der Waals surface area contributed by atoms with Crippen LogP contribution in [0.2, 0.25) is 0 Å². The van der Waals surface area contributed by atoms with E-state index in [4.69, 9.17) is 0 Å². The number of aromatic hydroxyl groups is 2. The minimum atomic E-state index is -0.0398. The van der Waals surface area contributed by atoms with Crippen LogP contribution in [0.4, 0.5) is 0 Å². The van der Waals surface area contributed by atoms with Gasteiger partial charge in [0.05, 0.1) is 0 Å². The second-order valence-electron chi connectivity index (χ2n) is 4.86. The van der Waals surface area contributed by atoms with E-state index in [1.54, 1.807) is 12.1 Å². The number of halogens is 2. The van der Waals surface area contributed by atoms with Crippen molar-refractivity contribution in [3.63, 3.8) is 0 Å². The minimum absolute atomic E-state index is 0. The van der Waals surface area contributed by atoms with Crippen molar-refractivity contribution in [1.29, 1.82) is 0 Å². The van der Waals surface area contributed by atoms with E-state index in [1.165, 1.54) is 0 Å². The molecule has 4 N–H and O–H groups in total. The zero-order chi connectivity index (χ0) is 12.4. The number of fused-ring (bicyclic) bond motifs is 1. The molecule has 0 bridgehead atoms. The maximum Gasteiger partial charge on any atom is 0.157 e. The molecule has 0 saturated carbocycles. The van der Waals surface area contributed by atoms with Gasteiger partial charge in [0.15, 0.2) is 11.5 Å². The van der Waals surface area contributed by atoms with Crippen molar-refractivity contribution in [3.05, 3.63) is 23.3 Å². The smallest absolute Gasteiger partial charge is 0.157 e. The molecule has 1 heterocycles. The highest BCUT2D eigenvalue weighted by Gasteiger charge is 2.21. The Morgan fingerprint density at radius 2 is 1.89 bits per heavy atom. The summed E-state index contributed by atoms with van der Waals surface area (Å²) in [6.45, 7) is 5.95. The Morgan fingerprint density at radius 1 is 1.26 bits per heavy atom. The fourth-order valence-corrected chi connectivity index (χ4v) is 2.20. The first-order valence-electron chi connectivity index (χ1n) is 6.09. The standard InChI is InChI=1S/C13H20N2O2.2ClH/c1-8(2)15-7-11-10-6-13(17)12(16)5-9(10)3-4-14-11;;/h5-6,8,11,14-17H,3-4,7H2,1-2H3;2*1H. The van der Waals surface area contributed by atoms with Crippen molar-refractivity contribution in [1.82, 2.24) is 10.6 Å². The molecule has 4 nitrogen and oxygen atoms in total. The third-order valence-electron chi connectivity index (χ3n) is 3.13. The van der Waals surface area contributed by atoms with Crippen molar-refractivity contribution in [3.8, 4) is 11.5 Å². The fraction of sp³-hybridized carbons (Fsp3) is 0.538. The summed E-state index contributed by atoms with van der Waals surface area (Å²) in [4.78, 5) is 0. The summed E-state index contributed by atoms with van der Waals surface area (Å²) in [5.41, 5.74) is 2.20. The highest BCUT2D eigenvalue weighted by molar-refractivity contribution is 5.85. The number of phenols is 2. The van der Waals surface area contributed by atoms with Crippen molar-refractivity contribution < 1.29 is 10.2 Å². The molecule has 2 rings (SSSR count). The maximum atomic E-state index is 9.57. The molecular formula is C13H22Cl2N2O2. The normalized spacial score (nSPS) is 17.3. The van der Waals surface area contributed by atoms with Crippen molar-refractivity contribution in [2.45, 2.75) is 32.4 Å². The summed E-state index contributed by atoms with van der Waals surface area (Å²) in [6.07, 6.45) is 0.890. The Kier molecular flexibility index (Phi) is 7.52. The van der Waals surface area contributed by atoms with Crippen molar-refractivity contribution in [2.75, 3.05) is 13.1 Å². The van der Waals surface area contributed by atoms with E-state index in [-0.39, 0.29) is 42.4 Å². The predicted molar refractivity (Wildman–Crippen MR) is 81.9 cm³/mol. The molecule has 1 atom stereocenters. The maximum absolute atomic E-state index is 9.57. The molecule has 19 heavy (non-hydrogen) atoms. The molecule has 0 radical (unpaired) electrons. The summed E-state index contributed by atoms with van der Waals surface area (Å²) in [5, 5.41) is 25.9.